The van der Waals surface area contributed by atoms with Crippen LogP contribution in [0.5, 0.6) is 5.75 Å². The molecule has 0 saturated carbocycles. The summed E-state index contributed by atoms with van der Waals surface area (Å²) < 4.78 is 5.76. The lowest BCUT2D eigenvalue weighted by Crippen LogP contribution is -2.34. The Hall–Kier alpha value is -1.22. The van der Waals surface area contributed by atoms with Crippen molar-refractivity contribution < 1.29 is 4.74 Å². The lowest BCUT2D eigenvalue weighted by molar-refractivity contribution is 0.177. The van der Waals surface area contributed by atoms with Gasteiger partial charge in [-0.2, -0.15) is 0 Å². The summed E-state index contributed by atoms with van der Waals surface area (Å²) >= 11 is 0. The lowest BCUT2D eigenvalue weighted by Gasteiger charge is -2.26. The molecule has 19 heavy (non-hydrogen) atoms. The number of benzene rings is 1. The Morgan fingerprint density at radius 1 is 1.11 bits per heavy atom. The van der Waals surface area contributed by atoms with Gasteiger partial charge in [-0.05, 0) is 24.0 Å². The van der Waals surface area contributed by atoms with Crippen molar-refractivity contribution in [2.45, 2.75) is 27.7 Å². The minimum Gasteiger partial charge on any atom is -0.492 e. The Labute approximate surface area is 117 Å². The molecule has 108 valence electrons. The average molecular weight is 264 g/mol. The molecule has 1 aromatic rings. The zero-order valence-electron chi connectivity index (χ0n) is 12.7. The molecular weight excluding hydrogens is 236 g/mol. The first-order valence-electron chi connectivity index (χ1n) is 7.18. The fourth-order valence-electron chi connectivity index (χ4n) is 2.19. The van der Waals surface area contributed by atoms with Gasteiger partial charge in [-0.3, -0.25) is 4.90 Å². The smallest absolute Gasteiger partial charge is 0.121 e. The molecule has 2 N–H and O–H groups in total. The molecule has 3 nitrogen and oxygen atoms in total. The van der Waals surface area contributed by atoms with Gasteiger partial charge in [-0.1, -0.05) is 33.8 Å². The summed E-state index contributed by atoms with van der Waals surface area (Å²) in [7, 11) is 0. The summed E-state index contributed by atoms with van der Waals surface area (Å²) in [6.45, 7) is 12.9. The van der Waals surface area contributed by atoms with Crippen LogP contribution >= 0.6 is 0 Å². The van der Waals surface area contributed by atoms with Gasteiger partial charge in [-0.15, -0.1) is 0 Å². The van der Waals surface area contributed by atoms with Crippen molar-refractivity contribution in [1.82, 2.24) is 4.90 Å². The van der Waals surface area contributed by atoms with Crippen molar-refractivity contribution in [1.29, 1.82) is 0 Å². The number of hydrogen-bond donors (Lipinski definition) is 1. The molecule has 0 aliphatic heterocycles. The number of nitrogen functional groups attached to an aromatic ring is 1. The van der Waals surface area contributed by atoms with E-state index in [4.69, 9.17) is 10.5 Å². The molecular formula is C16H28N2O. The van der Waals surface area contributed by atoms with Crippen LogP contribution < -0.4 is 10.5 Å². The molecule has 0 atom stereocenters. The molecule has 1 rings (SSSR count). The van der Waals surface area contributed by atoms with E-state index in [1.807, 2.05) is 24.3 Å². The van der Waals surface area contributed by atoms with E-state index in [0.717, 1.165) is 31.1 Å². The highest BCUT2D eigenvalue weighted by Gasteiger charge is 2.09. The highest BCUT2D eigenvalue weighted by molar-refractivity contribution is 5.43. The fraction of sp³-hybridized carbons (Fsp3) is 0.625. The third-order valence-electron chi connectivity index (χ3n) is 2.78. The van der Waals surface area contributed by atoms with E-state index < -0.39 is 0 Å². The van der Waals surface area contributed by atoms with Crippen molar-refractivity contribution in [3.8, 4) is 5.75 Å². The maximum absolute atomic E-state index is 5.76. The lowest BCUT2D eigenvalue weighted by atomic mass is 10.1. The van der Waals surface area contributed by atoms with Gasteiger partial charge >= 0.3 is 0 Å². The van der Waals surface area contributed by atoms with Crippen LogP contribution in [0.3, 0.4) is 0 Å². The van der Waals surface area contributed by atoms with Gasteiger partial charge in [0.05, 0.1) is 0 Å². The van der Waals surface area contributed by atoms with Crippen LogP contribution in [0.1, 0.15) is 27.7 Å². The minimum absolute atomic E-state index is 0.686. The predicted octanol–water partition coefficient (Wildman–Crippen LogP) is 3.26. The van der Waals surface area contributed by atoms with Crippen molar-refractivity contribution in [2.24, 2.45) is 11.8 Å². The van der Waals surface area contributed by atoms with E-state index in [-0.39, 0.29) is 0 Å². The van der Waals surface area contributed by atoms with Gasteiger partial charge < -0.3 is 10.5 Å². The van der Waals surface area contributed by atoms with Gasteiger partial charge in [0.25, 0.3) is 0 Å². The van der Waals surface area contributed by atoms with Crippen molar-refractivity contribution >= 4 is 5.69 Å². The maximum atomic E-state index is 5.76. The third kappa shape index (κ3) is 7.06. The minimum atomic E-state index is 0.686. The summed E-state index contributed by atoms with van der Waals surface area (Å²) in [5.74, 6) is 2.23. The number of rotatable bonds is 8. The second-order valence-electron chi connectivity index (χ2n) is 5.97. The maximum Gasteiger partial charge on any atom is 0.121 e. The highest BCUT2D eigenvalue weighted by Crippen LogP contribution is 2.14. The van der Waals surface area contributed by atoms with E-state index >= 15 is 0 Å². The normalized spacial score (nSPS) is 11.5. The molecule has 0 fully saturated rings. The summed E-state index contributed by atoms with van der Waals surface area (Å²) in [6, 6.07) is 7.61. The van der Waals surface area contributed by atoms with Crippen LogP contribution in [0.15, 0.2) is 24.3 Å². The Bertz CT molecular complexity index is 354. The number of nitrogens with zero attached hydrogens (tertiary/aromatic N) is 1. The molecule has 0 saturated heterocycles. The molecule has 0 heterocycles. The van der Waals surface area contributed by atoms with Crippen LogP contribution in [0.2, 0.25) is 0 Å². The second kappa shape index (κ2) is 8.05. The molecule has 1 aromatic carbocycles. The molecule has 0 amide bonds. The standard InChI is InChI=1S/C16H28N2O/c1-13(2)11-18(12-14(3)4)8-9-19-16-7-5-6-15(17)10-16/h5-7,10,13-14H,8-9,11-12,17H2,1-4H3. The van der Waals surface area contributed by atoms with Crippen LogP contribution in [-0.4, -0.2) is 31.1 Å². The summed E-state index contributed by atoms with van der Waals surface area (Å²) in [4.78, 5) is 2.47. The number of ether oxygens (including phenoxy) is 1. The van der Waals surface area contributed by atoms with E-state index in [2.05, 4.69) is 32.6 Å². The number of hydrogen-bond acceptors (Lipinski definition) is 3. The van der Waals surface area contributed by atoms with Gasteiger partial charge in [-0.25, -0.2) is 0 Å². The number of anilines is 1. The molecule has 0 spiro atoms. The van der Waals surface area contributed by atoms with Crippen LogP contribution in [-0.2, 0) is 0 Å². The Kier molecular flexibility index (Phi) is 6.71. The number of nitrogens with two attached hydrogens (primary N) is 1. The quantitative estimate of drug-likeness (QED) is 0.732. The van der Waals surface area contributed by atoms with Gasteiger partial charge in [0.15, 0.2) is 0 Å². The highest BCUT2D eigenvalue weighted by atomic mass is 16.5. The van der Waals surface area contributed by atoms with Crippen LogP contribution in [0.25, 0.3) is 0 Å². The van der Waals surface area contributed by atoms with E-state index in [9.17, 15) is 0 Å². The zero-order valence-corrected chi connectivity index (χ0v) is 12.7. The Balaban J connectivity index is 2.38. The SMILES string of the molecule is CC(C)CN(CCOc1cccc(N)c1)CC(C)C. The average Bonchev–Trinajstić information content (AvgIpc) is 2.27. The van der Waals surface area contributed by atoms with Crippen molar-refractivity contribution in [3.05, 3.63) is 24.3 Å². The van der Waals surface area contributed by atoms with Gasteiger partial charge in [0, 0.05) is 31.4 Å². The molecule has 0 unspecified atom stereocenters. The molecule has 0 aliphatic carbocycles. The van der Waals surface area contributed by atoms with Crippen LogP contribution in [0, 0.1) is 11.8 Å². The van der Waals surface area contributed by atoms with E-state index in [1.54, 1.807) is 0 Å². The third-order valence-corrected chi connectivity index (χ3v) is 2.78. The molecule has 3 heteroatoms. The van der Waals surface area contributed by atoms with Crippen molar-refractivity contribution in [3.63, 3.8) is 0 Å². The van der Waals surface area contributed by atoms with E-state index in [0.29, 0.717) is 18.4 Å². The van der Waals surface area contributed by atoms with Crippen LogP contribution in [0.4, 0.5) is 5.69 Å². The van der Waals surface area contributed by atoms with E-state index in [1.165, 1.54) is 0 Å². The molecule has 0 bridgehead atoms. The monoisotopic (exact) mass is 264 g/mol. The van der Waals surface area contributed by atoms with Crippen molar-refractivity contribution in [2.75, 3.05) is 32.0 Å². The van der Waals surface area contributed by atoms with Gasteiger partial charge in [0.2, 0.25) is 0 Å². The first kappa shape index (κ1) is 15.8. The largest absolute Gasteiger partial charge is 0.492 e. The molecule has 0 aliphatic rings. The fourth-order valence-corrected chi connectivity index (χ4v) is 2.19. The first-order valence-corrected chi connectivity index (χ1v) is 7.18. The molecule has 0 aromatic heterocycles. The summed E-state index contributed by atoms with van der Waals surface area (Å²) in [5, 5.41) is 0. The second-order valence-corrected chi connectivity index (χ2v) is 5.97. The predicted molar refractivity (Wildman–Crippen MR) is 82.5 cm³/mol. The molecule has 0 radical (unpaired) electrons. The Morgan fingerprint density at radius 2 is 1.74 bits per heavy atom. The summed E-state index contributed by atoms with van der Waals surface area (Å²) in [5.41, 5.74) is 6.48. The summed E-state index contributed by atoms with van der Waals surface area (Å²) in [6.07, 6.45) is 0. The topological polar surface area (TPSA) is 38.5 Å². The Morgan fingerprint density at radius 3 is 2.26 bits per heavy atom. The zero-order chi connectivity index (χ0) is 14.3. The first-order chi connectivity index (χ1) is 8.97. The van der Waals surface area contributed by atoms with Gasteiger partial charge in [0.1, 0.15) is 12.4 Å².